The molecule has 1 aromatic carbocycles. The van der Waals surface area contributed by atoms with Gasteiger partial charge >= 0.3 is 5.97 Å². The van der Waals surface area contributed by atoms with Gasteiger partial charge in [0, 0.05) is 18.2 Å². The highest BCUT2D eigenvalue weighted by Crippen LogP contribution is 2.47. The van der Waals surface area contributed by atoms with Gasteiger partial charge in [0.15, 0.2) is 6.61 Å². The monoisotopic (exact) mass is 379 g/mol. The van der Waals surface area contributed by atoms with E-state index in [0.717, 1.165) is 0 Å². The molecule has 0 aliphatic carbocycles. The van der Waals surface area contributed by atoms with Gasteiger partial charge < -0.3 is 15.0 Å². The summed E-state index contributed by atoms with van der Waals surface area (Å²) in [6.45, 7) is 1.34. The maximum absolute atomic E-state index is 12.3. The van der Waals surface area contributed by atoms with Crippen LogP contribution in [0.25, 0.3) is 0 Å². The van der Waals surface area contributed by atoms with Crippen LogP contribution in [-0.4, -0.2) is 50.9 Å². The second kappa shape index (κ2) is 6.94. The van der Waals surface area contributed by atoms with Crippen LogP contribution in [0.2, 0.25) is 0 Å². The van der Waals surface area contributed by atoms with E-state index in [0.29, 0.717) is 18.6 Å². The first-order valence-corrected chi connectivity index (χ1v) is 8.96. The predicted molar refractivity (Wildman–Crippen MR) is 93.4 cm³/mol. The number of ether oxygens (including phenoxy) is 1. The van der Waals surface area contributed by atoms with Crippen molar-refractivity contribution in [3.8, 4) is 0 Å². The van der Waals surface area contributed by atoms with Crippen LogP contribution >= 0.6 is 11.8 Å². The molecule has 0 saturated carbocycles. The Morgan fingerprint density at radius 3 is 2.92 bits per heavy atom. The van der Waals surface area contributed by atoms with Crippen LogP contribution in [0.1, 0.15) is 19.8 Å². The van der Waals surface area contributed by atoms with Gasteiger partial charge in [0.05, 0.1) is 9.79 Å². The van der Waals surface area contributed by atoms with Gasteiger partial charge in [0.2, 0.25) is 5.91 Å². The Kier molecular flexibility index (Phi) is 4.86. The Bertz CT molecular complexity index is 785. The number of anilines is 1. The molecule has 0 radical (unpaired) electrons. The Morgan fingerprint density at radius 2 is 2.19 bits per heavy atom. The molecule has 2 saturated heterocycles. The molecule has 0 spiro atoms. The third kappa shape index (κ3) is 3.36. The van der Waals surface area contributed by atoms with Crippen molar-refractivity contribution in [1.29, 1.82) is 0 Å². The number of amides is 2. The van der Waals surface area contributed by atoms with E-state index in [2.05, 4.69) is 5.32 Å². The highest BCUT2D eigenvalue weighted by atomic mass is 32.2. The van der Waals surface area contributed by atoms with Crippen molar-refractivity contribution in [3.63, 3.8) is 0 Å². The normalized spacial score (nSPS) is 24.3. The molecule has 1 N–H and O–H groups in total. The number of carbonyl (C=O) groups excluding carboxylic acids is 3. The van der Waals surface area contributed by atoms with Crippen LogP contribution in [0.5, 0.6) is 0 Å². The molecular weight excluding hydrogens is 362 g/mol. The number of nitrogens with zero attached hydrogens (tertiary/aromatic N) is 2. The molecule has 2 heterocycles. The number of thioether (sulfide) groups is 1. The molecule has 2 fully saturated rings. The number of hydrogen-bond acceptors (Lipinski definition) is 7. The molecule has 138 valence electrons. The molecular formula is C16H17N3O6S. The van der Waals surface area contributed by atoms with E-state index in [4.69, 9.17) is 4.74 Å². The second-order valence-corrected chi connectivity index (χ2v) is 7.70. The summed E-state index contributed by atoms with van der Waals surface area (Å²) < 4.78 is 5.03. The highest BCUT2D eigenvalue weighted by molar-refractivity contribution is 8.01. The minimum atomic E-state index is -0.709. The summed E-state index contributed by atoms with van der Waals surface area (Å²) in [6, 6.07) is 4.97. The summed E-state index contributed by atoms with van der Waals surface area (Å²) in [6.07, 6.45) is 1.07. The summed E-state index contributed by atoms with van der Waals surface area (Å²) in [5.41, 5.74) is -0.227. The van der Waals surface area contributed by atoms with Crippen LogP contribution in [0.15, 0.2) is 24.3 Å². The fourth-order valence-corrected chi connectivity index (χ4v) is 4.57. The zero-order valence-corrected chi connectivity index (χ0v) is 14.8. The van der Waals surface area contributed by atoms with Crippen LogP contribution in [0.4, 0.5) is 11.4 Å². The quantitative estimate of drug-likeness (QED) is 0.468. The van der Waals surface area contributed by atoms with Crippen molar-refractivity contribution >= 4 is 40.9 Å². The van der Waals surface area contributed by atoms with Crippen molar-refractivity contribution < 1.29 is 24.0 Å². The SMILES string of the molecule is C[C@]12CCC(=O)N1[C@H](C(=O)OCC(=O)Nc1ccccc1[N+](=O)[O-])CS2. The third-order valence-corrected chi connectivity index (χ3v) is 5.94. The summed E-state index contributed by atoms with van der Waals surface area (Å²) in [5, 5.41) is 13.3. The van der Waals surface area contributed by atoms with Crippen LogP contribution in [0.3, 0.4) is 0 Å². The van der Waals surface area contributed by atoms with Gasteiger partial charge in [-0.2, -0.15) is 0 Å². The average molecular weight is 379 g/mol. The van der Waals surface area contributed by atoms with E-state index in [1.54, 1.807) is 11.0 Å². The lowest BCUT2D eigenvalue weighted by Crippen LogP contribution is -2.47. The van der Waals surface area contributed by atoms with Gasteiger partial charge in [-0.1, -0.05) is 12.1 Å². The summed E-state index contributed by atoms with van der Waals surface area (Å²) in [7, 11) is 0. The Morgan fingerprint density at radius 1 is 1.46 bits per heavy atom. The molecule has 2 amide bonds. The average Bonchev–Trinajstić information content (AvgIpc) is 3.09. The fraction of sp³-hybridized carbons (Fsp3) is 0.438. The van der Waals surface area contributed by atoms with Crippen LogP contribution in [-0.2, 0) is 19.1 Å². The lowest BCUT2D eigenvalue weighted by molar-refractivity contribution is -0.383. The molecule has 0 unspecified atom stereocenters. The summed E-state index contributed by atoms with van der Waals surface area (Å²) in [5.74, 6) is -1.00. The molecule has 26 heavy (non-hydrogen) atoms. The first kappa shape index (κ1) is 18.2. The van der Waals surface area contributed by atoms with Gasteiger partial charge in [0.1, 0.15) is 11.7 Å². The molecule has 2 atom stereocenters. The third-order valence-electron chi connectivity index (χ3n) is 4.44. The molecule has 2 aliphatic rings. The minimum absolute atomic E-state index is 0.0252. The molecule has 10 heteroatoms. The first-order chi connectivity index (χ1) is 12.3. The van der Waals surface area contributed by atoms with Gasteiger partial charge in [0.25, 0.3) is 11.6 Å². The molecule has 3 rings (SSSR count). The first-order valence-electron chi connectivity index (χ1n) is 7.98. The summed E-state index contributed by atoms with van der Waals surface area (Å²) in [4.78, 5) is 47.7. The maximum Gasteiger partial charge on any atom is 0.330 e. The number of fused-ring (bicyclic) bond motifs is 1. The van der Waals surface area contributed by atoms with Gasteiger partial charge in [-0.25, -0.2) is 4.79 Å². The standard InChI is InChI=1S/C16H17N3O6S/c1-16-7-6-14(21)18(16)12(9-26-16)15(22)25-8-13(20)17-10-4-2-3-5-11(10)19(23)24/h2-5,12H,6-9H2,1H3,(H,17,20)/t12-,16-/m0/s1. The molecule has 9 nitrogen and oxygen atoms in total. The number of nitro groups is 1. The van der Waals surface area contributed by atoms with E-state index in [9.17, 15) is 24.5 Å². The smallest absolute Gasteiger partial charge is 0.330 e. The number of nitrogens with one attached hydrogen (secondary N) is 1. The molecule has 1 aromatic rings. The van der Waals surface area contributed by atoms with Gasteiger partial charge in [-0.05, 0) is 19.4 Å². The maximum atomic E-state index is 12.3. The van der Waals surface area contributed by atoms with Crippen molar-refractivity contribution in [2.45, 2.75) is 30.7 Å². The highest BCUT2D eigenvalue weighted by Gasteiger charge is 2.53. The van der Waals surface area contributed by atoms with Crippen LogP contribution in [0, 0.1) is 10.1 Å². The van der Waals surface area contributed by atoms with E-state index >= 15 is 0 Å². The van der Waals surface area contributed by atoms with E-state index in [1.165, 1.54) is 30.0 Å². The largest absolute Gasteiger partial charge is 0.454 e. The number of esters is 1. The van der Waals surface area contributed by atoms with E-state index in [-0.39, 0.29) is 17.3 Å². The number of carbonyl (C=O) groups is 3. The number of para-hydroxylation sites is 2. The lowest BCUT2D eigenvalue weighted by atomic mass is 10.2. The lowest BCUT2D eigenvalue weighted by Gasteiger charge is -2.29. The number of nitro benzene ring substituents is 1. The van der Waals surface area contributed by atoms with E-state index < -0.39 is 34.3 Å². The van der Waals surface area contributed by atoms with Gasteiger partial charge in [-0.3, -0.25) is 19.7 Å². The van der Waals surface area contributed by atoms with E-state index in [1.807, 2.05) is 6.92 Å². The number of benzene rings is 1. The molecule has 0 aromatic heterocycles. The van der Waals surface area contributed by atoms with Gasteiger partial charge in [-0.15, -0.1) is 11.8 Å². The molecule has 2 aliphatic heterocycles. The fourth-order valence-electron chi connectivity index (χ4n) is 3.15. The topological polar surface area (TPSA) is 119 Å². The summed E-state index contributed by atoms with van der Waals surface area (Å²) >= 11 is 1.53. The molecule has 0 bridgehead atoms. The van der Waals surface area contributed by atoms with Crippen LogP contribution < -0.4 is 5.32 Å². The second-order valence-electron chi connectivity index (χ2n) is 6.20. The Balaban J connectivity index is 1.58. The zero-order chi connectivity index (χ0) is 18.9. The van der Waals surface area contributed by atoms with Crippen molar-refractivity contribution in [3.05, 3.63) is 34.4 Å². The minimum Gasteiger partial charge on any atom is -0.454 e. The van der Waals surface area contributed by atoms with Crippen molar-refractivity contribution in [2.75, 3.05) is 17.7 Å². The number of rotatable bonds is 5. The Hall–Kier alpha value is -2.62. The number of hydrogen-bond donors (Lipinski definition) is 1. The predicted octanol–water partition coefficient (Wildman–Crippen LogP) is 1.53. The van der Waals surface area contributed by atoms with Crippen molar-refractivity contribution in [1.82, 2.24) is 4.90 Å². The zero-order valence-electron chi connectivity index (χ0n) is 14.0. The Labute approximate surface area is 153 Å². The van der Waals surface area contributed by atoms with Crippen molar-refractivity contribution in [2.24, 2.45) is 0 Å².